The van der Waals surface area contributed by atoms with Crippen molar-refractivity contribution in [3.63, 3.8) is 0 Å². The summed E-state index contributed by atoms with van der Waals surface area (Å²) in [7, 11) is -3.99. The Morgan fingerprint density at radius 1 is 0.903 bits per heavy atom. The van der Waals surface area contributed by atoms with Crippen LogP contribution < -0.4 is 9.62 Å². The molecule has 3 aromatic rings. The molecule has 0 spiro atoms. The van der Waals surface area contributed by atoms with E-state index in [4.69, 9.17) is 0 Å². The van der Waals surface area contributed by atoms with Gasteiger partial charge in [0, 0.05) is 17.2 Å². The van der Waals surface area contributed by atoms with Crippen molar-refractivity contribution in [1.29, 1.82) is 0 Å². The van der Waals surface area contributed by atoms with E-state index in [0.29, 0.717) is 15.9 Å². The normalized spacial score (nSPS) is 11.1. The molecule has 0 bridgehead atoms. The summed E-state index contributed by atoms with van der Waals surface area (Å²) < 4.78 is 51.7. The number of benzene rings is 3. The molecule has 0 aromatic heterocycles. The molecule has 6 nitrogen and oxygen atoms in total. The summed E-state index contributed by atoms with van der Waals surface area (Å²) in [5.74, 6) is -3.47. The number of carbonyl (C=O) groups excluding carboxylic acids is 2. The van der Waals surface area contributed by atoms with Crippen molar-refractivity contribution in [2.75, 3.05) is 22.4 Å². The van der Waals surface area contributed by atoms with Gasteiger partial charge in [-0.15, -0.1) is 0 Å². The second-order valence-electron chi connectivity index (χ2n) is 6.66. The standard InChI is InChI=1S/C22H18F2N2O4S/c1-31(29,30)26(16-11-12-18(23)19(24)13-16)14-21(27)25-20-10-6-5-9-17(20)22(28)15-7-3-2-4-8-15/h2-13H,14H2,1H3,(H,25,27). The molecule has 0 radical (unpaired) electrons. The fourth-order valence-electron chi connectivity index (χ4n) is 2.90. The smallest absolute Gasteiger partial charge is 0.245 e. The number of anilines is 2. The highest BCUT2D eigenvalue weighted by molar-refractivity contribution is 7.92. The fourth-order valence-corrected chi connectivity index (χ4v) is 3.74. The van der Waals surface area contributed by atoms with Crippen LogP contribution in [0.3, 0.4) is 0 Å². The molecule has 0 saturated carbocycles. The number of rotatable bonds is 7. The van der Waals surface area contributed by atoms with Gasteiger partial charge in [-0.2, -0.15) is 0 Å². The molecule has 1 amide bonds. The number of halogens is 2. The summed E-state index contributed by atoms with van der Waals surface area (Å²) in [6.45, 7) is -0.697. The average molecular weight is 444 g/mol. The van der Waals surface area contributed by atoms with E-state index < -0.39 is 34.1 Å². The number of nitrogens with zero attached hydrogens (tertiary/aromatic N) is 1. The second kappa shape index (κ2) is 9.05. The van der Waals surface area contributed by atoms with Crippen molar-refractivity contribution in [3.8, 4) is 0 Å². The summed E-state index contributed by atoms with van der Waals surface area (Å²) in [5.41, 5.74) is 0.634. The molecular formula is C22H18F2N2O4S. The van der Waals surface area contributed by atoms with Crippen LogP contribution in [0.1, 0.15) is 15.9 Å². The third kappa shape index (κ3) is 5.32. The number of carbonyl (C=O) groups is 2. The van der Waals surface area contributed by atoms with Crippen molar-refractivity contribution in [1.82, 2.24) is 0 Å². The van der Waals surface area contributed by atoms with Crippen LogP contribution in [0.4, 0.5) is 20.2 Å². The number of sulfonamides is 1. The first-order chi connectivity index (χ1) is 14.7. The van der Waals surface area contributed by atoms with E-state index in [1.54, 1.807) is 42.5 Å². The van der Waals surface area contributed by atoms with Gasteiger partial charge in [-0.05, 0) is 24.3 Å². The Bertz CT molecular complexity index is 1230. The quantitative estimate of drug-likeness (QED) is 0.565. The summed E-state index contributed by atoms with van der Waals surface area (Å²) in [4.78, 5) is 25.4. The number of hydrogen-bond acceptors (Lipinski definition) is 4. The molecule has 0 heterocycles. The van der Waals surface area contributed by atoms with E-state index in [1.807, 2.05) is 0 Å². The van der Waals surface area contributed by atoms with Crippen LogP contribution in [0.25, 0.3) is 0 Å². The van der Waals surface area contributed by atoms with Crippen LogP contribution in [0.15, 0.2) is 72.8 Å². The van der Waals surface area contributed by atoms with Crippen molar-refractivity contribution in [3.05, 3.63) is 95.6 Å². The molecule has 0 atom stereocenters. The van der Waals surface area contributed by atoms with Crippen molar-refractivity contribution < 1.29 is 26.8 Å². The minimum atomic E-state index is -3.99. The Hall–Kier alpha value is -3.59. The van der Waals surface area contributed by atoms with Crippen LogP contribution >= 0.6 is 0 Å². The lowest BCUT2D eigenvalue weighted by molar-refractivity contribution is -0.114. The lowest BCUT2D eigenvalue weighted by atomic mass is 10.0. The Kier molecular flexibility index (Phi) is 6.45. The summed E-state index contributed by atoms with van der Waals surface area (Å²) in [6, 6.07) is 17.3. The van der Waals surface area contributed by atoms with E-state index >= 15 is 0 Å². The van der Waals surface area contributed by atoms with Crippen LogP contribution in [0.2, 0.25) is 0 Å². The molecule has 3 rings (SSSR count). The molecule has 9 heteroatoms. The van der Waals surface area contributed by atoms with Gasteiger partial charge < -0.3 is 5.32 Å². The fraction of sp³-hybridized carbons (Fsp3) is 0.0909. The molecule has 0 aliphatic heterocycles. The molecule has 0 aliphatic carbocycles. The van der Waals surface area contributed by atoms with Crippen LogP contribution in [-0.2, 0) is 14.8 Å². The zero-order valence-electron chi connectivity index (χ0n) is 16.4. The molecular weight excluding hydrogens is 426 g/mol. The highest BCUT2D eigenvalue weighted by atomic mass is 32.2. The monoisotopic (exact) mass is 444 g/mol. The maximum absolute atomic E-state index is 13.6. The minimum Gasteiger partial charge on any atom is -0.324 e. The number of hydrogen-bond donors (Lipinski definition) is 1. The van der Waals surface area contributed by atoms with E-state index in [1.165, 1.54) is 12.1 Å². The maximum atomic E-state index is 13.6. The highest BCUT2D eigenvalue weighted by Gasteiger charge is 2.23. The van der Waals surface area contributed by atoms with Gasteiger partial charge in [0.15, 0.2) is 17.4 Å². The summed E-state index contributed by atoms with van der Waals surface area (Å²) in [5, 5.41) is 2.53. The highest BCUT2D eigenvalue weighted by Crippen LogP contribution is 2.22. The Morgan fingerprint density at radius 2 is 1.55 bits per heavy atom. The number of amides is 1. The predicted octanol–water partition coefficient (Wildman–Crippen LogP) is 3.60. The zero-order chi connectivity index (χ0) is 22.6. The number of nitrogens with one attached hydrogen (secondary N) is 1. The van der Waals surface area contributed by atoms with E-state index in [9.17, 15) is 26.8 Å². The lowest BCUT2D eigenvalue weighted by Gasteiger charge is -2.22. The van der Waals surface area contributed by atoms with Gasteiger partial charge >= 0.3 is 0 Å². The molecule has 160 valence electrons. The molecule has 0 unspecified atom stereocenters. The Morgan fingerprint density at radius 3 is 2.19 bits per heavy atom. The van der Waals surface area contributed by atoms with Crippen molar-refractivity contribution >= 4 is 33.1 Å². The lowest BCUT2D eigenvalue weighted by Crippen LogP contribution is -2.37. The van der Waals surface area contributed by atoms with Crippen molar-refractivity contribution in [2.24, 2.45) is 0 Å². The predicted molar refractivity (Wildman–Crippen MR) is 113 cm³/mol. The first-order valence-corrected chi connectivity index (χ1v) is 10.9. The van der Waals surface area contributed by atoms with Gasteiger partial charge in [-0.1, -0.05) is 42.5 Å². The number of ketones is 1. The topological polar surface area (TPSA) is 83.6 Å². The average Bonchev–Trinajstić information content (AvgIpc) is 2.74. The molecule has 0 aliphatic rings. The van der Waals surface area contributed by atoms with Crippen molar-refractivity contribution in [2.45, 2.75) is 0 Å². The summed E-state index contributed by atoms with van der Waals surface area (Å²) >= 11 is 0. The third-order valence-electron chi connectivity index (χ3n) is 4.36. The van der Waals surface area contributed by atoms with Gasteiger partial charge in [-0.25, -0.2) is 17.2 Å². The van der Waals surface area contributed by atoms with Gasteiger partial charge in [0.2, 0.25) is 15.9 Å². The van der Waals surface area contributed by atoms with Crippen LogP contribution in [-0.4, -0.2) is 32.9 Å². The maximum Gasteiger partial charge on any atom is 0.245 e. The van der Waals surface area contributed by atoms with E-state index in [0.717, 1.165) is 18.4 Å². The molecule has 31 heavy (non-hydrogen) atoms. The molecule has 1 N–H and O–H groups in total. The van der Waals surface area contributed by atoms with Crippen LogP contribution in [0, 0.1) is 11.6 Å². The van der Waals surface area contributed by atoms with E-state index in [-0.39, 0.29) is 22.7 Å². The first-order valence-electron chi connectivity index (χ1n) is 9.08. The van der Waals surface area contributed by atoms with E-state index in [2.05, 4.69) is 5.32 Å². The van der Waals surface area contributed by atoms with Crippen LogP contribution in [0.5, 0.6) is 0 Å². The largest absolute Gasteiger partial charge is 0.324 e. The first kappa shape index (κ1) is 22.1. The zero-order valence-corrected chi connectivity index (χ0v) is 17.2. The van der Waals surface area contributed by atoms with Gasteiger partial charge in [0.1, 0.15) is 6.54 Å². The molecule has 0 fully saturated rings. The minimum absolute atomic E-state index is 0.195. The Balaban J connectivity index is 1.85. The number of para-hydroxylation sites is 1. The van der Waals surface area contributed by atoms with Gasteiger partial charge in [0.25, 0.3) is 0 Å². The molecule has 0 saturated heterocycles. The van der Waals surface area contributed by atoms with Gasteiger partial charge in [-0.3, -0.25) is 13.9 Å². The summed E-state index contributed by atoms with van der Waals surface area (Å²) in [6.07, 6.45) is 0.842. The molecule has 3 aromatic carbocycles. The third-order valence-corrected chi connectivity index (χ3v) is 5.50. The van der Waals surface area contributed by atoms with Gasteiger partial charge in [0.05, 0.1) is 17.6 Å². The Labute approximate surface area is 178 Å². The SMILES string of the molecule is CS(=O)(=O)N(CC(=O)Nc1ccccc1C(=O)c1ccccc1)c1ccc(F)c(F)c1. The second-order valence-corrected chi connectivity index (χ2v) is 8.56.